The molecule has 0 aliphatic heterocycles. The number of nitrogens with one attached hydrogen (secondary N) is 3. The highest BCUT2D eigenvalue weighted by Gasteiger charge is 2.12. The maximum atomic E-state index is 11.9. The molecule has 0 saturated heterocycles. The van der Waals surface area contributed by atoms with Crippen LogP contribution in [0, 0.1) is 6.92 Å². The fourth-order valence-corrected chi connectivity index (χ4v) is 2.30. The van der Waals surface area contributed by atoms with Crippen LogP contribution in [-0.2, 0) is 4.79 Å². The van der Waals surface area contributed by atoms with Crippen molar-refractivity contribution in [3.05, 3.63) is 65.7 Å². The molecule has 0 bridgehead atoms. The quantitative estimate of drug-likeness (QED) is 0.794. The van der Waals surface area contributed by atoms with Crippen LogP contribution >= 0.6 is 0 Å². The summed E-state index contributed by atoms with van der Waals surface area (Å²) in [6.45, 7) is 3.85. The van der Waals surface area contributed by atoms with Gasteiger partial charge in [0.1, 0.15) is 0 Å². The first-order valence-corrected chi connectivity index (χ1v) is 7.51. The summed E-state index contributed by atoms with van der Waals surface area (Å²) < 4.78 is 0. The zero-order chi connectivity index (χ0) is 16.7. The van der Waals surface area contributed by atoms with Crippen LogP contribution in [0.5, 0.6) is 0 Å². The molecule has 0 saturated carbocycles. The monoisotopic (exact) mass is 311 g/mol. The molecular formula is C18H21N3O2. The molecule has 0 radical (unpaired) electrons. The van der Waals surface area contributed by atoms with Crippen LogP contribution in [0.1, 0.15) is 24.1 Å². The fraction of sp³-hybridized carbons (Fsp3) is 0.222. The number of benzene rings is 2. The van der Waals surface area contributed by atoms with E-state index in [-0.39, 0.29) is 18.5 Å². The van der Waals surface area contributed by atoms with Crippen molar-refractivity contribution in [2.45, 2.75) is 19.9 Å². The normalized spacial score (nSPS) is 11.4. The fourth-order valence-electron chi connectivity index (χ4n) is 2.30. The molecule has 0 fully saturated rings. The van der Waals surface area contributed by atoms with Gasteiger partial charge in [0.25, 0.3) is 0 Å². The second kappa shape index (κ2) is 7.98. The van der Waals surface area contributed by atoms with Crippen molar-refractivity contribution in [1.82, 2.24) is 10.6 Å². The van der Waals surface area contributed by atoms with E-state index in [9.17, 15) is 9.59 Å². The number of rotatable bonds is 5. The number of anilines is 1. The van der Waals surface area contributed by atoms with E-state index in [2.05, 4.69) is 16.0 Å². The number of aryl methyl sites for hydroxylation is 1. The first-order valence-electron chi connectivity index (χ1n) is 7.51. The predicted octanol–water partition coefficient (Wildman–Crippen LogP) is 2.99. The molecule has 0 heterocycles. The van der Waals surface area contributed by atoms with Crippen LogP contribution in [0.4, 0.5) is 10.5 Å². The molecule has 120 valence electrons. The minimum atomic E-state index is -0.408. The first kappa shape index (κ1) is 16.5. The van der Waals surface area contributed by atoms with Crippen LogP contribution in [0.15, 0.2) is 54.6 Å². The van der Waals surface area contributed by atoms with Gasteiger partial charge in [0, 0.05) is 5.69 Å². The van der Waals surface area contributed by atoms with Gasteiger partial charge in [-0.1, -0.05) is 42.5 Å². The van der Waals surface area contributed by atoms with E-state index in [1.165, 1.54) is 0 Å². The average molecular weight is 311 g/mol. The summed E-state index contributed by atoms with van der Waals surface area (Å²) in [5.74, 6) is -0.232. The van der Waals surface area contributed by atoms with E-state index in [1.807, 2.05) is 56.3 Å². The minimum absolute atomic E-state index is 0.0745. The number of hydrogen-bond acceptors (Lipinski definition) is 2. The van der Waals surface area contributed by atoms with E-state index in [0.717, 1.165) is 11.1 Å². The van der Waals surface area contributed by atoms with E-state index in [0.29, 0.717) is 5.69 Å². The van der Waals surface area contributed by atoms with Crippen LogP contribution in [0.3, 0.4) is 0 Å². The summed E-state index contributed by atoms with van der Waals surface area (Å²) in [6, 6.07) is 16.4. The Labute approximate surface area is 136 Å². The Hall–Kier alpha value is -2.82. The first-order chi connectivity index (χ1) is 11.1. The molecule has 0 unspecified atom stereocenters. The third-order valence-corrected chi connectivity index (χ3v) is 3.47. The molecule has 0 aliphatic carbocycles. The maximum absolute atomic E-state index is 11.9. The van der Waals surface area contributed by atoms with Gasteiger partial charge < -0.3 is 16.0 Å². The molecule has 5 nitrogen and oxygen atoms in total. The number of amides is 3. The molecule has 5 heteroatoms. The zero-order valence-corrected chi connectivity index (χ0v) is 13.3. The van der Waals surface area contributed by atoms with Gasteiger partial charge in [-0.3, -0.25) is 4.79 Å². The highest BCUT2D eigenvalue weighted by Crippen LogP contribution is 2.16. The Morgan fingerprint density at radius 2 is 1.65 bits per heavy atom. The number of hydrogen-bond donors (Lipinski definition) is 3. The van der Waals surface area contributed by atoms with Crippen molar-refractivity contribution in [2.75, 3.05) is 11.9 Å². The Kier molecular flexibility index (Phi) is 5.74. The van der Waals surface area contributed by atoms with Crippen LogP contribution < -0.4 is 16.0 Å². The standard InChI is InChI=1S/C18H21N3O2/c1-13-8-6-7-11-16(13)14(2)20-17(22)12-19-18(23)21-15-9-4-3-5-10-15/h3-11,14H,12H2,1-2H3,(H,20,22)(H2,19,21,23)/t14-/m0/s1. The third-order valence-electron chi connectivity index (χ3n) is 3.47. The maximum Gasteiger partial charge on any atom is 0.319 e. The highest BCUT2D eigenvalue weighted by atomic mass is 16.2. The zero-order valence-electron chi connectivity index (χ0n) is 13.3. The molecular weight excluding hydrogens is 290 g/mol. The number of carbonyl (C=O) groups is 2. The second-order valence-corrected chi connectivity index (χ2v) is 5.32. The predicted molar refractivity (Wildman–Crippen MR) is 91.2 cm³/mol. The molecule has 23 heavy (non-hydrogen) atoms. The van der Waals surface area contributed by atoms with Gasteiger partial charge in [-0.15, -0.1) is 0 Å². The highest BCUT2D eigenvalue weighted by molar-refractivity contribution is 5.92. The Morgan fingerprint density at radius 3 is 2.35 bits per heavy atom. The summed E-state index contributed by atoms with van der Waals surface area (Å²) >= 11 is 0. The summed E-state index contributed by atoms with van der Waals surface area (Å²) in [5.41, 5.74) is 2.86. The minimum Gasteiger partial charge on any atom is -0.348 e. The van der Waals surface area contributed by atoms with Crippen LogP contribution in [0.2, 0.25) is 0 Å². The lowest BCUT2D eigenvalue weighted by Gasteiger charge is -2.16. The number of carbonyl (C=O) groups excluding carboxylic acids is 2. The van der Waals surface area contributed by atoms with Gasteiger partial charge in [-0.25, -0.2) is 4.79 Å². The molecule has 0 aliphatic rings. The lowest BCUT2D eigenvalue weighted by molar-refractivity contribution is -0.120. The van der Waals surface area contributed by atoms with E-state index in [1.54, 1.807) is 12.1 Å². The lowest BCUT2D eigenvalue weighted by atomic mass is 10.0. The van der Waals surface area contributed by atoms with Gasteiger partial charge in [-0.05, 0) is 37.1 Å². The number of urea groups is 1. The summed E-state index contributed by atoms with van der Waals surface area (Å²) in [4.78, 5) is 23.7. The van der Waals surface area contributed by atoms with E-state index < -0.39 is 6.03 Å². The van der Waals surface area contributed by atoms with Crippen molar-refractivity contribution in [3.63, 3.8) is 0 Å². The van der Waals surface area contributed by atoms with Gasteiger partial charge >= 0.3 is 6.03 Å². The van der Waals surface area contributed by atoms with Crippen molar-refractivity contribution in [2.24, 2.45) is 0 Å². The average Bonchev–Trinajstić information content (AvgIpc) is 2.54. The van der Waals surface area contributed by atoms with Crippen molar-refractivity contribution >= 4 is 17.6 Å². The molecule has 1 atom stereocenters. The Morgan fingerprint density at radius 1 is 1.00 bits per heavy atom. The summed E-state index contributed by atoms with van der Waals surface area (Å²) in [6.07, 6.45) is 0. The van der Waals surface area contributed by atoms with E-state index in [4.69, 9.17) is 0 Å². The van der Waals surface area contributed by atoms with Gasteiger partial charge in [0.15, 0.2) is 0 Å². The summed E-state index contributed by atoms with van der Waals surface area (Å²) in [7, 11) is 0. The summed E-state index contributed by atoms with van der Waals surface area (Å²) in [5, 5.41) is 8.08. The Balaban J connectivity index is 1.79. The molecule has 3 N–H and O–H groups in total. The smallest absolute Gasteiger partial charge is 0.319 e. The third kappa shape index (κ3) is 5.14. The van der Waals surface area contributed by atoms with E-state index >= 15 is 0 Å². The van der Waals surface area contributed by atoms with Crippen molar-refractivity contribution in [1.29, 1.82) is 0 Å². The topological polar surface area (TPSA) is 70.2 Å². The molecule has 3 amide bonds. The van der Waals surface area contributed by atoms with Gasteiger partial charge in [-0.2, -0.15) is 0 Å². The van der Waals surface area contributed by atoms with Gasteiger partial charge in [0.2, 0.25) is 5.91 Å². The largest absolute Gasteiger partial charge is 0.348 e. The van der Waals surface area contributed by atoms with Gasteiger partial charge in [0.05, 0.1) is 12.6 Å². The van der Waals surface area contributed by atoms with Crippen LogP contribution in [-0.4, -0.2) is 18.5 Å². The molecule has 0 aromatic heterocycles. The molecule has 2 aromatic carbocycles. The second-order valence-electron chi connectivity index (χ2n) is 5.32. The number of para-hydroxylation sites is 1. The molecule has 2 rings (SSSR count). The Bertz CT molecular complexity index is 671. The SMILES string of the molecule is Cc1ccccc1[C@H](C)NC(=O)CNC(=O)Nc1ccccc1. The molecule has 0 spiro atoms. The molecule has 2 aromatic rings. The lowest BCUT2D eigenvalue weighted by Crippen LogP contribution is -2.39. The van der Waals surface area contributed by atoms with Crippen LogP contribution in [0.25, 0.3) is 0 Å². The van der Waals surface area contributed by atoms with Crippen molar-refractivity contribution in [3.8, 4) is 0 Å². The van der Waals surface area contributed by atoms with Crippen molar-refractivity contribution < 1.29 is 9.59 Å².